The molecule has 0 spiro atoms. The van der Waals surface area contributed by atoms with E-state index in [9.17, 15) is 26.8 Å². The van der Waals surface area contributed by atoms with Gasteiger partial charge in [-0.1, -0.05) is 6.42 Å². The van der Waals surface area contributed by atoms with E-state index in [1.165, 1.54) is 22.8 Å². The van der Waals surface area contributed by atoms with Gasteiger partial charge in [-0.3, -0.25) is 14.2 Å². The number of pyridine rings is 1. The fourth-order valence-electron chi connectivity index (χ4n) is 3.91. The molecule has 9 heteroatoms. The summed E-state index contributed by atoms with van der Waals surface area (Å²) in [6.07, 6.45) is 1.18. The number of hydrogen-bond donors (Lipinski definition) is 1. The van der Waals surface area contributed by atoms with Gasteiger partial charge in [0.25, 0.3) is 17.9 Å². The van der Waals surface area contributed by atoms with E-state index in [2.05, 4.69) is 0 Å². The van der Waals surface area contributed by atoms with Gasteiger partial charge in [-0.15, -0.1) is 0 Å². The van der Waals surface area contributed by atoms with Gasteiger partial charge in [0.05, 0.1) is 17.3 Å². The fourth-order valence-corrected chi connectivity index (χ4v) is 5.18. The van der Waals surface area contributed by atoms with Crippen molar-refractivity contribution in [3.05, 3.63) is 56.7 Å². The van der Waals surface area contributed by atoms with Crippen LogP contribution in [0.4, 0.5) is 8.78 Å². The molecule has 2 N–H and O–H groups in total. The molecule has 0 radical (unpaired) electrons. The highest BCUT2D eigenvalue weighted by Crippen LogP contribution is 2.42. The molecular weight excluding hydrogens is 390 g/mol. The van der Waals surface area contributed by atoms with E-state index in [1.807, 2.05) is 0 Å². The van der Waals surface area contributed by atoms with Crippen LogP contribution < -0.4 is 11.3 Å². The average Bonchev–Trinajstić information content (AvgIpc) is 2.91. The molecule has 2 aromatic rings. The molecule has 1 aromatic carbocycles. The van der Waals surface area contributed by atoms with Gasteiger partial charge in [0.2, 0.25) is 0 Å². The minimum atomic E-state index is -3.48. The lowest BCUT2D eigenvalue weighted by Gasteiger charge is -2.29. The first kappa shape index (κ1) is 18.8. The average molecular weight is 408 g/mol. The van der Waals surface area contributed by atoms with Crippen LogP contribution in [0.2, 0.25) is 0 Å². The molecule has 148 valence electrons. The van der Waals surface area contributed by atoms with Crippen molar-refractivity contribution in [2.45, 2.75) is 37.6 Å². The smallest absolute Gasteiger partial charge is 0.264 e. The highest BCUT2D eigenvalue weighted by Gasteiger charge is 2.30. The second-order valence-corrected chi connectivity index (χ2v) is 9.22. The van der Waals surface area contributed by atoms with Gasteiger partial charge in [-0.2, -0.15) is 0 Å². The number of carbonyl (C=O) groups excluding carboxylic acids is 1. The maximum absolute atomic E-state index is 13.7. The van der Waals surface area contributed by atoms with Gasteiger partial charge in [-0.25, -0.2) is 17.2 Å². The summed E-state index contributed by atoms with van der Waals surface area (Å²) in [4.78, 5) is 24.6. The normalized spacial score (nSPS) is 21.3. The van der Waals surface area contributed by atoms with Crippen LogP contribution in [0.25, 0.3) is 10.9 Å². The summed E-state index contributed by atoms with van der Waals surface area (Å²) < 4.78 is 52.2. The van der Waals surface area contributed by atoms with Gasteiger partial charge < -0.3 is 5.73 Å². The highest BCUT2D eigenvalue weighted by molar-refractivity contribution is 7.94. The molecule has 4 rings (SSSR count). The molecular formula is C19H18F2N2O4S. The van der Waals surface area contributed by atoms with Crippen molar-refractivity contribution < 1.29 is 22.0 Å². The molecule has 1 aromatic heterocycles. The van der Waals surface area contributed by atoms with Gasteiger partial charge in [0.1, 0.15) is 5.56 Å². The Morgan fingerprint density at radius 1 is 1.21 bits per heavy atom. The Labute approximate surface area is 159 Å². The predicted octanol–water partition coefficient (Wildman–Crippen LogP) is 2.79. The number of amides is 1. The molecule has 1 aliphatic heterocycles. The molecule has 6 nitrogen and oxygen atoms in total. The van der Waals surface area contributed by atoms with E-state index < -0.39 is 33.8 Å². The van der Waals surface area contributed by atoms with Crippen molar-refractivity contribution >= 4 is 26.6 Å². The van der Waals surface area contributed by atoms with E-state index in [0.29, 0.717) is 11.1 Å². The maximum atomic E-state index is 13.7. The Morgan fingerprint density at radius 2 is 1.93 bits per heavy atom. The molecule has 0 unspecified atom stereocenters. The number of benzene rings is 1. The van der Waals surface area contributed by atoms with Gasteiger partial charge in [0, 0.05) is 11.0 Å². The zero-order valence-electron chi connectivity index (χ0n) is 14.8. The summed E-state index contributed by atoms with van der Waals surface area (Å²) in [5.74, 6) is -1.35. The van der Waals surface area contributed by atoms with E-state index >= 15 is 0 Å². The van der Waals surface area contributed by atoms with E-state index in [1.54, 1.807) is 6.07 Å². The molecule has 1 saturated carbocycles. The minimum absolute atomic E-state index is 0.0179. The van der Waals surface area contributed by atoms with Crippen molar-refractivity contribution in [1.82, 2.24) is 4.57 Å². The van der Waals surface area contributed by atoms with Crippen LogP contribution in [0.15, 0.2) is 34.5 Å². The zero-order chi connectivity index (χ0) is 20.2. The standard InChI is InChI=1S/C19H18F2N2O4S/c20-17(21)14-6-11-7-15(18(22)24)19(25)23(12-4-5-28(26,27)9-12)16(11)8-13(14)10-2-1-3-10/h4-8,10,12,17H,1-3,9H2,(H2,22,24)/t12-/m1/s1. The Bertz CT molecular complexity index is 1180. The summed E-state index contributed by atoms with van der Waals surface area (Å²) in [5, 5.41) is 1.28. The molecule has 0 saturated heterocycles. The third-order valence-electron chi connectivity index (χ3n) is 5.53. The van der Waals surface area contributed by atoms with Crippen molar-refractivity contribution in [3.8, 4) is 0 Å². The Balaban J connectivity index is 2.04. The van der Waals surface area contributed by atoms with Crippen molar-refractivity contribution in [2.75, 3.05) is 5.75 Å². The quantitative estimate of drug-likeness (QED) is 0.841. The summed E-state index contributed by atoms with van der Waals surface area (Å²) in [5.41, 5.74) is 4.88. The second kappa shape index (κ2) is 6.51. The van der Waals surface area contributed by atoms with Crippen molar-refractivity contribution in [3.63, 3.8) is 0 Å². The predicted molar refractivity (Wildman–Crippen MR) is 100 cm³/mol. The molecule has 28 heavy (non-hydrogen) atoms. The molecule has 1 aliphatic carbocycles. The first-order chi connectivity index (χ1) is 13.2. The Morgan fingerprint density at radius 3 is 2.43 bits per heavy atom. The first-order valence-electron chi connectivity index (χ1n) is 8.90. The number of rotatable bonds is 4. The Hall–Kier alpha value is -2.55. The summed E-state index contributed by atoms with van der Waals surface area (Å²) in [6.45, 7) is 0. The Kier molecular flexibility index (Phi) is 4.37. The number of primary amides is 1. The van der Waals surface area contributed by atoms with Gasteiger partial charge in [0.15, 0.2) is 9.84 Å². The van der Waals surface area contributed by atoms with Crippen LogP contribution in [-0.4, -0.2) is 24.6 Å². The SMILES string of the molecule is NC(=O)c1cc2cc(C(F)F)c(C3CCC3)cc2n([C@@H]2C=CS(=O)(=O)C2)c1=O. The number of aromatic nitrogens is 1. The summed E-state index contributed by atoms with van der Waals surface area (Å²) >= 11 is 0. The van der Waals surface area contributed by atoms with Gasteiger partial charge in [-0.05, 0) is 54.0 Å². The lowest BCUT2D eigenvalue weighted by Crippen LogP contribution is -2.33. The van der Waals surface area contributed by atoms with Crippen LogP contribution >= 0.6 is 0 Å². The number of fused-ring (bicyclic) bond motifs is 1. The van der Waals surface area contributed by atoms with Gasteiger partial charge >= 0.3 is 0 Å². The zero-order valence-corrected chi connectivity index (χ0v) is 15.6. The first-order valence-corrected chi connectivity index (χ1v) is 10.6. The fraction of sp³-hybridized carbons (Fsp3) is 0.368. The number of nitrogens with two attached hydrogens (primary N) is 1. The molecule has 2 aliphatic rings. The van der Waals surface area contributed by atoms with Crippen LogP contribution in [0.1, 0.15) is 59.1 Å². The second-order valence-electron chi connectivity index (χ2n) is 7.29. The number of alkyl halides is 2. The third kappa shape index (κ3) is 3.03. The molecule has 1 fully saturated rings. The molecule has 1 amide bonds. The van der Waals surface area contributed by atoms with E-state index in [0.717, 1.165) is 24.7 Å². The molecule has 2 heterocycles. The number of allylic oxidation sites excluding steroid dienone is 1. The number of carbonyl (C=O) groups is 1. The largest absolute Gasteiger partial charge is 0.365 e. The molecule has 0 bridgehead atoms. The number of sulfone groups is 1. The van der Waals surface area contributed by atoms with E-state index in [4.69, 9.17) is 5.73 Å². The van der Waals surface area contributed by atoms with Crippen molar-refractivity contribution in [2.24, 2.45) is 5.73 Å². The van der Waals surface area contributed by atoms with Crippen LogP contribution in [0.3, 0.4) is 0 Å². The lowest BCUT2D eigenvalue weighted by molar-refractivity contribution is 0.0998. The summed E-state index contributed by atoms with van der Waals surface area (Å²) in [7, 11) is -3.48. The lowest BCUT2D eigenvalue weighted by atomic mass is 9.78. The van der Waals surface area contributed by atoms with Crippen LogP contribution in [-0.2, 0) is 9.84 Å². The highest BCUT2D eigenvalue weighted by atomic mass is 32.2. The van der Waals surface area contributed by atoms with Crippen LogP contribution in [0, 0.1) is 0 Å². The minimum Gasteiger partial charge on any atom is -0.365 e. The maximum Gasteiger partial charge on any atom is 0.264 e. The molecule has 1 atom stereocenters. The van der Waals surface area contributed by atoms with Crippen LogP contribution in [0.5, 0.6) is 0 Å². The van der Waals surface area contributed by atoms with Crippen molar-refractivity contribution in [1.29, 1.82) is 0 Å². The monoisotopic (exact) mass is 408 g/mol. The summed E-state index contributed by atoms with van der Waals surface area (Å²) in [6, 6.07) is 3.21. The number of halogens is 2. The third-order valence-corrected chi connectivity index (χ3v) is 6.91. The number of hydrogen-bond acceptors (Lipinski definition) is 4. The number of nitrogens with zero attached hydrogens (tertiary/aromatic N) is 1. The topological polar surface area (TPSA) is 99.2 Å². The van der Waals surface area contributed by atoms with E-state index in [-0.39, 0.29) is 28.2 Å².